The summed E-state index contributed by atoms with van der Waals surface area (Å²) in [7, 11) is 0. The summed E-state index contributed by atoms with van der Waals surface area (Å²) in [6, 6.07) is 4.49. The Bertz CT molecular complexity index is 718. The van der Waals surface area contributed by atoms with Crippen molar-refractivity contribution >= 4 is 5.91 Å². The maximum Gasteiger partial charge on any atom is 0.416 e. The van der Waals surface area contributed by atoms with Gasteiger partial charge in [-0.2, -0.15) is 13.2 Å². The maximum atomic E-state index is 13.2. The Labute approximate surface area is 151 Å². The van der Waals surface area contributed by atoms with Gasteiger partial charge in [-0.15, -0.1) is 0 Å². The van der Waals surface area contributed by atoms with Gasteiger partial charge in [0.1, 0.15) is 0 Å². The number of amides is 1. The Kier molecular flexibility index (Phi) is 4.10. The van der Waals surface area contributed by atoms with Crippen LogP contribution in [0.3, 0.4) is 0 Å². The van der Waals surface area contributed by atoms with Crippen LogP contribution in [0, 0.1) is 18.3 Å². The average molecular weight is 367 g/mol. The summed E-state index contributed by atoms with van der Waals surface area (Å²) in [4.78, 5) is 14.2. The van der Waals surface area contributed by atoms with Crippen molar-refractivity contribution in [3.05, 3.63) is 34.9 Å². The molecule has 1 N–H and O–H groups in total. The SMILES string of the molecule is Cc1c(C2CCC3(C2)CN(C(=O)C2CC(O)C2)C3)cccc1C(F)(F)F. The molecule has 2 aliphatic carbocycles. The quantitative estimate of drug-likeness (QED) is 0.862. The van der Waals surface area contributed by atoms with Gasteiger partial charge in [0.2, 0.25) is 5.91 Å². The summed E-state index contributed by atoms with van der Waals surface area (Å²) in [5, 5.41) is 9.36. The second-order valence-electron chi connectivity index (χ2n) is 8.47. The zero-order valence-corrected chi connectivity index (χ0v) is 14.9. The number of aliphatic hydroxyl groups is 1. The second-order valence-corrected chi connectivity index (χ2v) is 8.47. The van der Waals surface area contributed by atoms with E-state index in [1.165, 1.54) is 6.07 Å². The first kappa shape index (κ1) is 17.8. The number of alkyl halides is 3. The molecule has 1 saturated heterocycles. The summed E-state index contributed by atoms with van der Waals surface area (Å²) in [5.41, 5.74) is 0.690. The van der Waals surface area contributed by atoms with Crippen LogP contribution in [0.4, 0.5) is 13.2 Å². The van der Waals surface area contributed by atoms with Gasteiger partial charge in [-0.25, -0.2) is 0 Å². The highest BCUT2D eigenvalue weighted by Gasteiger charge is 2.51. The van der Waals surface area contributed by atoms with Gasteiger partial charge in [-0.3, -0.25) is 4.79 Å². The van der Waals surface area contributed by atoms with E-state index >= 15 is 0 Å². The Morgan fingerprint density at radius 3 is 2.58 bits per heavy atom. The van der Waals surface area contributed by atoms with Crippen LogP contribution in [0.1, 0.15) is 54.7 Å². The number of halogens is 3. The lowest BCUT2D eigenvalue weighted by Gasteiger charge is -2.50. The molecule has 1 aliphatic heterocycles. The summed E-state index contributed by atoms with van der Waals surface area (Å²) < 4.78 is 39.5. The van der Waals surface area contributed by atoms with Crippen LogP contribution >= 0.6 is 0 Å². The predicted molar refractivity (Wildman–Crippen MR) is 90.5 cm³/mol. The first-order chi connectivity index (χ1) is 12.2. The van der Waals surface area contributed by atoms with Gasteiger partial charge in [0.05, 0.1) is 11.7 Å². The zero-order valence-electron chi connectivity index (χ0n) is 14.9. The fraction of sp³-hybridized carbons (Fsp3) is 0.650. The van der Waals surface area contributed by atoms with Crippen molar-refractivity contribution in [2.45, 2.75) is 57.2 Å². The van der Waals surface area contributed by atoms with E-state index in [0.717, 1.165) is 30.9 Å². The average Bonchev–Trinajstić information content (AvgIpc) is 2.94. The minimum Gasteiger partial charge on any atom is -0.393 e. The van der Waals surface area contributed by atoms with Crippen LogP contribution in [0.15, 0.2) is 18.2 Å². The fourth-order valence-corrected chi connectivity index (χ4v) is 5.13. The number of rotatable bonds is 2. The third-order valence-corrected chi connectivity index (χ3v) is 6.65. The summed E-state index contributed by atoms with van der Waals surface area (Å²) in [5.74, 6) is 0.241. The van der Waals surface area contributed by atoms with Gasteiger partial charge < -0.3 is 10.0 Å². The number of carbonyl (C=O) groups is 1. The molecule has 1 aromatic carbocycles. The van der Waals surface area contributed by atoms with Crippen molar-refractivity contribution in [3.8, 4) is 0 Å². The number of hydrogen-bond donors (Lipinski definition) is 1. The van der Waals surface area contributed by atoms with E-state index in [1.54, 1.807) is 6.92 Å². The molecule has 0 bridgehead atoms. The van der Waals surface area contributed by atoms with Gasteiger partial charge in [0.25, 0.3) is 0 Å². The summed E-state index contributed by atoms with van der Waals surface area (Å²) >= 11 is 0. The van der Waals surface area contributed by atoms with Gasteiger partial charge >= 0.3 is 6.18 Å². The molecule has 1 atom stereocenters. The zero-order chi connectivity index (χ0) is 18.7. The lowest BCUT2D eigenvalue weighted by atomic mass is 9.74. The van der Waals surface area contributed by atoms with E-state index in [4.69, 9.17) is 0 Å². The highest BCUT2D eigenvalue weighted by molar-refractivity contribution is 5.80. The van der Waals surface area contributed by atoms with E-state index in [9.17, 15) is 23.1 Å². The molecule has 1 unspecified atom stereocenters. The standard InChI is InChI=1S/C20H24F3NO2/c1-12-16(3-2-4-17(12)20(21,22)23)13-5-6-19(9-13)10-24(11-19)18(26)14-7-15(25)8-14/h2-4,13-15,25H,5-11H2,1H3. The highest BCUT2D eigenvalue weighted by atomic mass is 19.4. The number of carbonyl (C=O) groups excluding carboxylic acids is 1. The number of hydrogen-bond acceptors (Lipinski definition) is 2. The van der Waals surface area contributed by atoms with Crippen molar-refractivity contribution < 1.29 is 23.1 Å². The Hall–Kier alpha value is -1.56. The molecule has 142 valence electrons. The van der Waals surface area contributed by atoms with Gasteiger partial charge in [0, 0.05) is 24.4 Å². The molecule has 2 saturated carbocycles. The first-order valence-electron chi connectivity index (χ1n) is 9.32. The molecule has 4 rings (SSSR count). The Balaban J connectivity index is 1.42. The summed E-state index contributed by atoms with van der Waals surface area (Å²) in [6.07, 6.45) is -0.825. The number of nitrogens with zero attached hydrogens (tertiary/aromatic N) is 1. The molecule has 0 aromatic heterocycles. The fourth-order valence-electron chi connectivity index (χ4n) is 5.13. The molecule has 1 heterocycles. The van der Waals surface area contributed by atoms with Crippen LogP contribution < -0.4 is 0 Å². The molecule has 1 aromatic rings. The van der Waals surface area contributed by atoms with Crippen LogP contribution in [0.2, 0.25) is 0 Å². The Morgan fingerprint density at radius 1 is 1.27 bits per heavy atom. The Morgan fingerprint density at radius 2 is 1.96 bits per heavy atom. The third kappa shape index (κ3) is 2.92. The van der Waals surface area contributed by atoms with Crippen LogP contribution in [0.25, 0.3) is 0 Å². The largest absolute Gasteiger partial charge is 0.416 e. The summed E-state index contributed by atoms with van der Waals surface area (Å²) in [6.45, 7) is 3.00. The second kappa shape index (κ2) is 5.98. The predicted octanol–water partition coefficient (Wildman–Crippen LogP) is 3.88. The van der Waals surface area contributed by atoms with Crippen molar-refractivity contribution in [2.75, 3.05) is 13.1 Å². The minimum absolute atomic E-state index is 0.0368. The van der Waals surface area contributed by atoms with Crippen molar-refractivity contribution in [2.24, 2.45) is 11.3 Å². The molecular weight excluding hydrogens is 343 g/mol. The number of likely N-dealkylation sites (tertiary alicyclic amines) is 1. The number of aliphatic hydroxyl groups excluding tert-OH is 1. The van der Waals surface area contributed by atoms with Gasteiger partial charge in [-0.05, 0) is 62.1 Å². The van der Waals surface area contributed by atoms with Crippen LogP contribution in [-0.2, 0) is 11.0 Å². The van der Waals surface area contributed by atoms with Crippen molar-refractivity contribution in [1.29, 1.82) is 0 Å². The lowest BCUT2D eigenvalue weighted by molar-refractivity contribution is -0.154. The molecular formula is C20H24F3NO2. The molecule has 0 radical (unpaired) electrons. The molecule has 26 heavy (non-hydrogen) atoms. The minimum atomic E-state index is -4.32. The lowest BCUT2D eigenvalue weighted by Crippen LogP contribution is -2.60. The van der Waals surface area contributed by atoms with Gasteiger partial charge in [-0.1, -0.05) is 12.1 Å². The maximum absolute atomic E-state index is 13.2. The molecule has 3 fully saturated rings. The van der Waals surface area contributed by atoms with Crippen LogP contribution in [-0.4, -0.2) is 35.1 Å². The van der Waals surface area contributed by atoms with E-state index in [1.807, 2.05) is 11.0 Å². The van der Waals surface area contributed by atoms with Crippen LogP contribution in [0.5, 0.6) is 0 Å². The number of benzene rings is 1. The first-order valence-corrected chi connectivity index (χ1v) is 9.32. The third-order valence-electron chi connectivity index (χ3n) is 6.65. The van der Waals surface area contributed by atoms with Crippen molar-refractivity contribution in [1.82, 2.24) is 4.90 Å². The smallest absolute Gasteiger partial charge is 0.393 e. The highest BCUT2D eigenvalue weighted by Crippen LogP contribution is 2.53. The molecule has 3 aliphatic rings. The van der Waals surface area contributed by atoms with E-state index < -0.39 is 11.7 Å². The van der Waals surface area contributed by atoms with E-state index in [-0.39, 0.29) is 29.3 Å². The van der Waals surface area contributed by atoms with E-state index in [0.29, 0.717) is 31.5 Å². The monoisotopic (exact) mass is 367 g/mol. The van der Waals surface area contributed by atoms with Crippen molar-refractivity contribution in [3.63, 3.8) is 0 Å². The molecule has 1 amide bonds. The van der Waals surface area contributed by atoms with Gasteiger partial charge in [0.15, 0.2) is 0 Å². The molecule has 6 heteroatoms. The topological polar surface area (TPSA) is 40.5 Å². The molecule has 3 nitrogen and oxygen atoms in total. The van der Waals surface area contributed by atoms with E-state index in [2.05, 4.69) is 0 Å². The normalized spacial score (nSPS) is 30.2. The molecule has 1 spiro atoms.